The van der Waals surface area contributed by atoms with Crippen LogP contribution in [0.15, 0.2) is 18.2 Å². The predicted molar refractivity (Wildman–Crippen MR) is 68.4 cm³/mol. The summed E-state index contributed by atoms with van der Waals surface area (Å²) in [6.07, 6.45) is 0. The fourth-order valence-corrected chi connectivity index (χ4v) is 2.25. The van der Waals surface area contributed by atoms with Gasteiger partial charge in [-0.3, -0.25) is 4.90 Å². The van der Waals surface area contributed by atoms with Crippen molar-refractivity contribution in [1.82, 2.24) is 9.80 Å². The number of hydrogen-bond donors (Lipinski definition) is 1. The first-order valence-electron chi connectivity index (χ1n) is 5.90. The molecule has 1 heterocycles. The molecule has 0 unspecified atom stereocenters. The van der Waals surface area contributed by atoms with Gasteiger partial charge in [0.25, 0.3) is 0 Å². The van der Waals surface area contributed by atoms with Gasteiger partial charge in [0.05, 0.1) is 0 Å². The number of nitrogens with two attached hydrogens (primary N) is 1. The summed E-state index contributed by atoms with van der Waals surface area (Å²) in [5, 5.41) is 0. The summed E-state index contributed by atoms with van der Waals surface area (Å²) in [6.45, 7) is 7.78. The van der Waals surface area contributed by atoms with Gasteiger partial charge >= 0.3 is 0 Å². The highest BCUT2D eigenvalue weighted by molar-refractivity contribution is 5.44. The summed E-state index contributed by atoms with van der Waals surface area (Å²) >= 11 is 0. The summed E-state index contributed by atoms with van der Waals surface area (Å²) in [6, 6.07) is 6.34. The highest BCUT2D eigenvalue weighted by Gasteiger charge is 2.13. The average Bonchev–Trinajstić information content (AvgIpc) is 2.20. The number of likely N-dealkylation sites (N-methyl/N-ethyl adjacent to an activating group) is 1. The largest absolute Gasteiger partial charge is 0.399 e. The highest BCUT2D eigenvalue weighted by atomic mass is 15.2. The second-order valence-electron chi connectivity index (χ2n) is 4.83. The molecule has 1 aliphatic heterocycles. The number of nitrogens with zero attached hydrogens (tertiary/aromatic N) is 2. The molecular weight excluding hydrogens is 198 g/mol. The molecular formula is C13H21N3. The molecule has 16 heavy (non-hydrogen) atoms. The lowest BCUT2D eigenvalue weighted by molar-refractivity contribution is 0.148. The van der Waals surface area contributed by atoms with Crippen LogP contribution >= 0.6 is 0 Å². The minimum Gasteiger partial charge on any atom is -0.399 e. The first-order valence-corrected chi connectivity index (χ1v) is 5.90. The summed E-state index contributed by atoms with van der Waals surface area (Å²) in [5.41, 5.74) is 9.33. The molecule has 1 aromatic carbocycles. The van der Waals surface area contributed by atoms with E-state index in [1.807, 2.05) is 6.07 Å². The molecule has 0 spiro atoms. The quantitative estimate of drug-likeness (QED) is 0.762. The monoisotopic (exact) mass is 219 g/mol. The Kier molecular flexibility index (Phi) is 3.46. The topological polar surface area (TPSA) is 32.5 Å². The molecule has 2 rings (SSSR count). The lowest BCUT2D eigenvalue weighted by Crippen LogP contribution is -2.43. The van der Waals surface area contributed by atoms with Crippen LogP contribution in [-0.2, 0) is 6.54 Å². The van der Waals surface area contributed by atoms with Crippen LogP contribution in [0.5, 0.6) is 0 Å². The van der Waals surface area contributed by atoms with E-state index < -0.39 is 0 Å². The van der Waals surface area contributed by atoms with Crippen LogP contribution < -0.4 is 5.73 Å². The fraction of sp³-hybridized carbons (Fsp3) is 0.538. The van der Waals surface area contributed by atoms with E-state index in [1.165, 1.54) is 24.2 Å². The number of aryl methyl sites for hydroxylation is 1. The van der Waals surface area contributed by atoms with Crippen molar-refractivity contribution in [1.29, 1.82) is 0 Å². The third kappa shape index (κ3) is 2.97. The van der Waals surface area contributed by atoms with E-state index in [9.17, 15) is 0 Å². The highest BCUT2D eigenvalue weighted by Crippen LogP contribution is 2.14. The number of anilines is 1. The van der Waals surface area contributed by atoms with Crippen molar-refractivity contribution < 1.29 is 0 Å². The normalized spacial score (nSPS) is 18.9. The molecule has 1 saturated heterocycles. The smallest absolute Gasteiger partial charge is 0.0319 e. The molecule has 0 aromatic heterocycles. The molecule has 0 bridgehead atoms. The third-order valence-electron chi connectivity index (χ3n) is 3.16. The Morgan fingerprint density at radius 2 is 1.81 bits per heavy atom. The van der Waals surface area contributed by atoms with E-state index in [1.54, 1.807) is 0 Å². The Morgan fingerprint density at radius 3 is 2.44 bits per heavy atom. The lowest BCUT2D eigenvalue weighted by atomic mass is 10.1. The maximum absolute atomic E-state index is 5.86. The molecule has 88 valence electrons. The molecule has 2 N–H and O–H groups in total. The van der Waals surface area contributed by atoms with Gasteiger partial charge in [0.2, 0.25) is 0 Å². The van der Waals surface area contributed by atoms with Gasteiger partial charge in [-0.1, -0.05) is 6.07 Å². The molecule has 0 saturated carbocycles. The average molecular weight is 219 g/mol. The zero-order valence-corrected chi connectivity index (χ0v) is 10.2. The van der Waals surface area contributed by atoms with Gasteiger partial charge in [0.1, 0.15) is 0 Å². The zero-order chi connectivity index (χ0) is 11.5. The van der Waals surface area contributed by atoms with E-state index in [0.717, 1.165) is 25.3 Å². The van der Waals surface area contributed by atoms with Crippen LogP contribution in [0.1, 0.15) is 11.1 Å². The van der Waals surface area contributed by atoms with Crippen molar-refractivity contribution >= 4 is 5.69 Å². The Hall–Kier alpha value is -1.06. The van der Waals surface area contributed by atoms with Gasteiger partial charge in [-0.25, -0.2) is 0 Å². The zero-order valence-electron chi connectivity index (χ0n) is 10.2. The van der Waals surface area contributed by atoms with Crippen LogP contribution in [0.3, 0.4) is 0 Å². The van der Waals surface area contributed by atoms with Gasteiger partial charge in [0.15, 0.2) is 0 Å². The van der Waals surface area contributed by atoms with Crippen LogP contribution in [0, 0.1) is 6.92 Å². The van der Waals surface area contributed by atoms with Crippen molar-refractivity contribution in [3.8, 4) is 0 Å². The van der Waals surface area contributed by atoms with Crippen LogP contribution in [-0.4, -0.2) is 43.0 Å². The summed E-state index contributed by atoms with van der Waals surface area (Å²) in [4.78, 5) is 4.87. The molecule has 3 nitrogen and oxygen atoms in total. The molecule has 0 atom stereocenters. The Bertz CT molecular complexity index is 334. The molecule has 0 aliphatic carbocycles. The van der Waals surface area contributed by atoms with E-state index >= 15 is 0 Å². The second kappa shape index (κ2) is 4.85. The van der Waals surface area contributed by atoms with Crippen molar-refractivity contribution in [2.75, 3.05) is 39.0 Å². The number of piperazine rings is 1. The third-order valence-corrected chi connectivity index (χ3v) is 3.16. The van der Waals surface area contributed by atoms with Crippen LogP contribution in [0.4, 0.5) is 5.69 Å². The number of hydrogen-bond acceptors (Lipinski definition) is 3. The number of rotatable bonds is 2. The molecule has 1 aliphatic rings. The van der Waals surface area contributed by atoms with Gasteiger partial charge in [-0.15, -0.1) is 0 Å². The van der Waals surface area contributed by atoms with Gasteiger partial charge < -0.3 is 10.6 Å². The van der Waals surface area contributed by atoms with Crippen molar-refractivity contribution in [2.24, 2.45) is 0 Å². The van der Waals surface area contributed by atoms with Gasteiger partial charge in [-0.2, -0.15) is 0 Å². The maximum atomic E-state index is 5.86. The summed E-state index contributed by atoms with van der Waals surface area (Å²) in [7, 11) is 2.18. The van der Waals surface area contributed by atoms with Gasteiger partial charge in [0, 0.05) is 38.4 Å². The van der Waals surface area contributed by atoms with E-state index in [0.29, 0.717) is 0 Å². The molecule has 3 heteroatoms. The molecule has 1 fully saturated rings. The van der Waals surface area contributed by atoms with E-state index in [-0.39, 0.29) is 0 Å². The molecule has 0 radical (unpaired) electrons. The maximum Gasteiger partial charge on any atom is 0.0319 e. The SMILES string of the molecule is Cc1cc(N)cc(CN2CCN(C)CC2)c1. The van der Waals surface area contributed by atoms with Gasteiger partial charge in [-0.05, 0) is 37.2 Å². The summed E-state index contributed by atoms with van der Waals surface area (Å²) < 4.78 is 0. The first-order chi connectivity index (χ1) is 7.63. The van der Waals surface area contributed by atoms with Crippen LogP contribution in [0.25, 0.3) is 0 Å². The first kappa shape index (κ1) is 11.4. The van der Waals surface area contributed by atoms with E-state index in [4.69, 9.17) is 5.73 Å². The lowest BCUT2D eigenvalue weighted by Gasteiger charge is -2.32. The summed E-state index contributed by atoms with van der Waals surface area (Å²) in [5.74, 6) is 0. The molecule has 0 amide bonds. The minimum absolute atomic E-state index is 0.879. The predicted octanol–water partition coefficient (Wildman–Crippen LogP) is 1.32. The Labute approximate surface area is 97.8 Å². The Balaban J connectivity index is 1.98. The minimum atomic E-state index is 0.879. The number of benzene rings is 1. The Morgan fingerprint density at radius 1 is 1.12 bits per heavy atom. The molecule has 1 aromatic rings. The number of nitrogen functional groups attached to an aromatic ring is 1. The van der Waals surface area contributed by atoms with Crippen molar-refractivity contribution in [2.45, 2.75) is 13.5 Å². The van der Waals surface area contributed by atoms with Crippen molar-refractivity contribution in [3.63, 3.8) is 0 Å². The fourth-order valence-electron chi connectivity index (χ4n) is 2.25. The van der Waals surface area contributed by atoms with E-state index in [2.05, 4.69) is 35.9 Å². The standard InChI is InChI=1S/C13H21N3/c1-11-7-12(9-13(14)8-11)10-16-5-3-15(2)4-6-16/h7-9H,3-6,10,14H2,1-2H3. The van der Waals surface area contributed by atoms with Crippen LogP contribution in [0.2, 0.25) is 0 Å². The second-order valence-corrected chi connectivity index (χ2v) is 4.83. The van der Waals surface area contributed by atoms with Crippen molar-refractivity contribution in [3.05, 3.63) is 29.3 Å².